The van der Waals surface area contributed by atoms with E-state index in [4.69, 9.17) is 4.74 Å². The molecule has 0 amide bonds. The highest BCUT2D eigenvalue weighted by Gasteiger charge is 2.28. The van der Waals surface area contributed by atoms with E-state index in [2.05, 4.69) is 14.3 Å². The third kappa shape index (κ3) is 3.37. The molecule has 2 rings (SSSR count). The van der Waals surface area contributed by atoms with E-state index in [1.165, 1.54) is 11.5 Å². The van der Waals surface area contributed by atoms with Gasteiger partial charge in [0, 0.05) is 38.7 Å². The molecule has 1 saturated carbocycles. The molecule has 0 radical (unpaired) electrons. The molecule has 1 aliphatic rings. The van der Waals surface area contributed by atoms with E-state index in [1.807, 2.05) is 7.05 Å². The Balaban J connectivity index is 1.81. The molecule has 1 aliphatic carbocycles. The SMILES string of the molecule is COCCc1nsc(N(C)CC2CC(O)C2)n1. The highest BCUT2D eigenvalue weighted by atomic mass is 32.1. The molecule has 1 fully saturated rings. The Bertz CT molecular complexity index is 352. The Labute approximate surface area is 106 Å². The number of hydrogen-bond donors (Lipinski definition) is 1. The Morgan fingerprint density at radius 3 is 2.94 bits per heavy atom. The second kappa shape index (κ2) is 5.75. The van der Waals surface area contributed by atoms with E-state index in [1.54, 1.807) is 7.11 Å². The Kier molecular flexibility index (Phi) is 4.31. The van der Waals surface area contributed by atoms with Crippen LogP contribution >= 0.6 is 11.5 Å². The topological polar surface area (TPSA) is 58.5 Å². The maximum atomic E-state index is 9.25. The van der Waals surface area contributed by atoms with Gasteiger partial charge in [0.25, 0.3) is 0 Å². The third-order valence-corrected chi connectivity index (χ3v) is 3.92. The number of ether oxygens (including phenoxy) is 1. The van der Waals surface area contributed by atoms with Gasteiger partial charge in [-0.15, -0.1) is 0 Å². The molecule has 6 heteroatoms. The van der Waals surface area contributed by atoms with Crippen LogP contribution in [0.5, 0.6) is 0 Å². The third-order valence-electron chi connectivity index (χ3n) is 3.06. The maximum absolute atomic E-state index is 9.25. The van der Waals surface area contributed by atoms with Crippen molar-refractivity contribution in [2.45, 2.75) is 25.4 Å². The van der Waals surface area contributed by atoms with Crippen LogP contribution in [0.2, 0.25) is 0 Å². The van der Waals surface area contributed by atoms with Crippen LogP contribution in [0.4, 0.5) is 5.13 Å². The molecule has 0 spiro atoms. The van der Waals surface area contributed by atoms with Crippen molar-refractivity contribution >= 4 is 16.7 Å². The first kappa shape index (κ1) is 12.7. The largest absolute Gasteiger partial charge is 0.393 e. The van der Waals surface area contributed by atoms with Gasteiger partial charge < -0.3 is 14.7 Å². The highest BCUT2D eigenvalue weighted by molar-refractivity contribution is 7.09. The van der Waals surface area contributed by atoms with E-state index in [0.717, 1.165) is 36.8 Å². The van der Waals surface area contributed by atoms with E-state index in [9.17, 15) is 5.11 Å². The van der Waals surface area contributed by atoms with Gasteiger partial charge in [0.2, 0.25) is 5.13 Å². The number of anilines is 1. The second-order valence-corrected chi connectivity index (χ2v) is 5.34. The molecule has 1 aromatic heterocycles. The number of rotatable bonds is 6. The summed E-state index contributed by atoms with van der Waals surface area (Å²) in [6.45, 7) is 1.62. The van der Waals surface area contributed by atoms with Gasteiger partial charge in [0.15, 0.2) is 0 Å². The second-order valence-electron chi connectivity index (χ2n) is 4.61. The van der Waals surface area contributed by atoms with Crippen LogP contribution in [0.15, 0.2) is 0 Å². The predicted molar refractivity (Wildman–Crippen MR) is 67.5 cm³/mol. The summed E-state index contributed by atoms with van der Waals surface area (Å²) in [5.41, 5.74) is 0. The van der Waals surface area contributed by atoms with Crippen molar-refractivity contribution in [3.05, 3.63) is 5.82 Å². The fraction of sp³-hybridized carbons (Fsp3) is 0.818. The summed E-state index contributed by atoms with van der Waals surface area (Å²) in [6.07, 6.45) is 2.52. The van der Waals surface area contributed by atoms with Crippen molar-refractivity contribution in [2.24, 2.45) is 5.92 Å². The van der Waals surface area contributed by atoms with Crippen molar-refractivity contribution in [3.63, 3.8) is 0 Å². The zero-order chi connectivity index (χ0) is 12.3. The van der Waals surface area contributed by atoms with Gasteiger partial charge in [-0.1, -0.05) is 0 Å². The molecule has 96 valence electrons. The summed E-state index contributed by atoms with van der Waals surface area (Å²) in [5, 5.41) is 10.2. The molecular weight excluding hydrogens is 238 g/mol. The fourth-order valence-corrected chi connectivity index (χ4v) is 2.69. The molecule has 0 atom stereocenters. The van der Waals surface area contributed by atoms with E-state index >= 15 is 0 Å². The Morgan fingerprint density at radius 1 is 1.53 bits per heavy atom. The number of aliphatic hydroxyl groups is 1. The van der Waals surface area contributed by atoms with Gasteiger partial charge >= 0.3 is 0 Å². The van der Waals surface area contributed by atoms with Crippen molar-refractivity contribution in [1.82, 2.24) is 9.36 Å². The van der Waals surface area contributed by atoms with E-state index in [-0.39, 0.29) is 6.10 Å². The zero-order valence-electron chi connectivity index (χ0n) is 10.3. The monoisotopic (exact) mass is 257 g/mol. The zero-order valence-corrected chi connectivity index (χ0v) is 11.1. The summed E-state index contributed by atoms with van der Waals surface area (Å²) in [7, 11) is 3.71. The smallest absolute Gasteiger partial charge is 0.204 e. The minimum atomic E-state index is -0.0833. The lowest BCUT2D eigenvalue weighted by molar-refractivity contribution is 0.0465. The average Bonchev–Trinajstić information content (AvgIpc) is 2.72. The van der Waals surface area contributed by atoms with Crippen LogP contribution in [-0.4, -0.2) is 47.9 Å². The van der Waals surface area contributed by atoms with Crippen LogP contribution in [0.1, 0.15) is 18.7 Å². The van der Waals surface area contributed by atoms with Gasteiger partial charge in [-0.05, 0) is 18.8 Å². The molecule has 0 bridgehead atoms. The van der Waals surface area contributed by atoms with Gasteiger partial charge in [0.05, 0.1) is 12.7 Å². The Hall–Kier alpha value is -0.720. The van der Waals surface area contributed by atoms with Crippen LogP contribution in [0, 0.1) is 5.92 Å². The van der Waals surface area contributed by atoms with Crippen molar-refractivity contribution < 1.29 is 9.84 Å². The normalized spacial score (nSPS) is 23.5. The first-order valence-corrected chi connectivity index (χ1v) is 6.67. The Morgan fingerprint density at radius 2 is 2.29 bits per heavy atom. The van der Waals surface area contributed by atoms with E-state index < -0.39 is 0 Å². The summed E-state index contributed by atoms with van der Waals surface area (Å²) in [6, 6.07) is 0. The molecule has 5 nitrogen and oxygen atoms in total. The summed E-state index contributed by atoms with van der Waals surface area (Å²) in [5.74, 6) is 1.45. The molecule has 1 heterocycles. The lowest BCUT2D eigenvalue weighted by Crippen LogP contribution is -2.37. The van der Waals surface area contributed by atoms with Gasteiger partial charge in [0.1, 0.15) is 5.82 Å². The molecule has 1 aromatic rings. The highest BCUT2D eigenvalue weighted by Crippen LogP contribution is 2.29. The minimum Gasteiger partial charge on any atom is -0.393 e. The van der Waals surface area contributed by atoms with Gasteiger partial charge in [-0.2, -0.15) is 4.37 Å². The first-order chi connectivity index (χ1) is 8.19. The van der Waals surface area contributed by atoms with Gasteiger partial charge in [-0.3, -0.25) is 0 Å². The van der Waals surface area contributed by atoms with Crippen LogP contribution in [0.25, 0.3) is 0 Å². The first-order valence-electron chi connectivity index (χ1n) is 5.89. The molecule has 0 aromatic carbocycles. The summed E-state index contributed by atoms with van der Waals surface area (Å²) in [4.78, 5) is 6.60. The van der Waals surface area contributed by atoms with Crippen LogP contribution in [0.3, 0.4) is 0 Å². The molecular formula is C11H19N3O2S. The molecule has 17 heavy (non-hydrogen) atoms. The fourth-order valence-electron chi connectivity index (χ4n) is 2.01. The average molecular weight is 257 g/mol. The number of hydrogen-bond acceptors (Lipinski definition) is 6. The maximum Gasteiger partial charge on any atom is 0.204 e. The number of aromatic nitrogens is 2. The predicted octanol–water partition coefficient (Wildman–Crippen LogP) is 0.934. The quantitative estimate of drug-likeness (QED) is 0.821. The molecule has 0 aliphatic heterocycles. The van der Waals surface area contributed by atoms with Crippen molar-refractivity contribution in [3.8, 4) is 0 Å². The lowest BCUT2D eigenvalue weighted by Gasteiger charge is -2.34. The van der Waals surface area contributed by atoms with Crippen LogP contribution in [-0.2, 0) is 11.2 Å². The summed E-state index contributed by atoms with van der Waals surface area (Å²) >= 11 is 1.43. The van der Waals surface area contributed by atoms with E-state index in [0.29, 0.717) is 12.5 Å². The summed E-state index contributed by atoms with van der Waals surface area (Å²) < 4.78 is 9.30. The minimum absolute atomic E-state index is 0.0833. The standard InChI is InChI=1S/C11H19N3O2S/c1-14(7-8-5-9(15)6-8)11-12-10(13-17-11)3-4-16-2/h8-9,15H,3-7H2,1-2H3. The van der Waals surface area contributed by atoms with Crippen molar-refractivity contribution in [1.29, 1.82) is 0 Å². The van der Waals surface area contributed by atoms with Crippen LogP contribution < -0.4 is 4.90 Å². The van der Waals surface area contributed by atoms with Gasteiger partial charge in [-0.25, -0.2) is 4.98 Å². The number of methoxy groups -OCH3 is 1. The number of nitrogens with zero attached hydrogens (tertiary/aromatic N) is 3. The molecule has 0 unspecified atom stereocenters. The number of aliphatic hydroxyl groups excluding tert-OH is 1. The molecule has 0 saturated heterocycles. The van der Waals surface area contributed by atoms with Crippen molar-refractivity contribution in [2.75, 3.05) is 32.2 Å². The molecule has 1 N–H and O–H groups in total. The lowest BCUT2D eigenvalue weighted by atomic mass is 9.82.